The Labute approximate surface area is 36.0 Å². The second kappa shape index (κ2) is 9.32. The van der Waals surface area contributed by atoms with Crippen LogP contribution in [-0.4, -0.2) is 4.89 Å². The predicted molar refractivity (Wildman–Crippen MR) is 15.4 cm³/mol. The van der Waals surface area contributed by atoms with Crippen LogP contribution in [0.25, 0.3) is 0 Å². The fourth-order valence-electron chi connectivity index (χ4n) is 0. The summed E-state index contributed by atoms with van der Waals surface area (Å²) in [5.41, 5.74) is 0. The average molecular weight is 132 g/mol. The molecule has 0 heterocycles. The van der Waals surface area contributed by atoms with E-state index in [1.807, 2.05) is 0 Å². The van der Waals surface area contributed by atoms with E-state index in [1.54, 1.807) is 0 Å². The number of hydrogen-bond acceptors (Lipinski definition) is 1. The van der Waals surface area contributed by atoms with Gasteiger partial charge in [-0.1, -0.05) is 0 Å². The molecule has 0 saturated heterocycles. The second-order valence-corrected chi connectivity index (χ2v) is 0.316. The summed E-state index contributed by atoms with van der Waals surface area (Å²) >= 11 is 0. The van der Waals surface area contributed by atoms with Crippen LogP contribution < -0.4 is 0 Å². The van der Waals surface area contributed by atoms with E-state index in [-0.39, 0.29) is 17.1 Å². The molecule has 0 aliphatic carbocycles. The van der Waals surface area contributed by atoms with Crippen molar-refractivity contribution in [1.29, 1.82) is 0 Å². The molecule has 1 atom stereocenters. The molecule has 0 aliphatic heterocycles. The van der Waals surface area contributed by atoms with Crippen LogP contribution in [0.3, 0.4) is 0 Å². The van der Waals surface area contributed by atoms with Crippen LogP contribution in [0.15, 0.2) is 0 Å². The maximum absolute atomic E-state index is 8.57. The van der Waals surface area contributed by atoms with Crippen LogP contribution >= 0.6 is 8.69 Å². The molecule has 33 valence electrons. The van der Waals surface area contributed by atoms with E-state index >= 15 is 0 Å². The van der Waals surface area contributed by atoms with E-state index in [4.69, 9.17) is 9.46 Å². The van der Waals surface area contributed by atoms with Gasteiger partial charge in [-0.05, 0) is 0 Å². The van der Waals surface area contributed by atoms with Crippen molar-refractivity contribution in [3.63, 3.8) is 0 Å². The molecule has 0 aliphatic rings. The third kappa shape index (κ3) is 15.7. The third-order valence-electron chi connectivity index (χ3n) is 0. The normalized spacial score (nSPS) is 7.25. The average Bonchev–Trinajstić information content (AvgIpc) is 0.918. The molecule has 0 aromatic rings. The summed E-state index contributed by atoms with van der Waals surface area (Å²) in [4.78, 5) is 7.10. The molecule has 2 nitrogen and oxygen atoms in total. The van der Waals surface area contributed by atoms with E-state index in [9.17, 15) is 0 Å². The molecule has 1 N–H and O–H groups in total. The van der Waals surface area contributed by atoms with Gasteiger partial charge in [0.25, 0.3) is 0 Å². The van der Waals surface area contributed by atoms with Gasteiger partial charge in [-0.25, -0.2) is 0 Å². The first kappa shape index (κ1) is 8.83. The van der Waals surface area contributed by atoms with E-state index in [0.29, 0.717) is 0 Å². The van der Waals surface area contributed by atoms with Gasteiger partial charge in [0, 0.05) is 0 Å². The summed E-state index contributed by atoms with van der Waals surface area (Å²) in [5.74, 6) is 0. The Balaban J connectivity index is 0. The van der Waals surface area contributed by atoms with E-state index in [1.165, 1.54) is 0 Å². The van der Waals surface area contributed by atoms with E-state index < -0.39 is 8.69 Å². The molecule has 1 unspecified atom stereocenters. The van der Waals surface area contributed by atoms with Crippen LogP contribution in [-0.2, 0) is 21.6 Å². The van der Waals surface area contributed by atoms with Crippen molar-refractivity contribution in [3.05, 3.63) is 0 Å². The van der Waals surface area contributed by atoms with Gasteiger partial charge in [0.15, 0.2) is 8.69 Å². The Morgan fingerprint density at radius 2 is 1.75 bits per heavy atom. The van der Waals surface area contributed by atoms with Crippen LogP contribution in [0.5, 0.6) is 0 Å². The first-order chi connectivity index (χ1) is 1.41. The SMILES string of the molecule is O=[PH2]O.[CuH2]. The van der Waals surface area contributed by atoms with Gasteiger partial charge in [0.1, 0.15) is 0 Å². The van der Waals surface area contributed by atoms with Crippen molar-refractivity contribution in [2.75, 3.05) is 0 Å². The van der Waals surface area contributed by atoms with Gasteiger partial charge < -0.3 is 4.89 Å². The Morgan fingerprint density at radius 3 is 1.75 bits per heavy atom. The summed E-state index contributed by atoms with van der Waals surface area (Å²) in [6.45, 7) is 0. The maximum atomic E-state index is 8.57. The van der Waals surface area contributed by atoms with Gasteiger partial charge >= 0.3 is 17.1 Å². The fourth-order valence-corrected chi connectivity index (χ4v) is 0. The summed E-state index contributed by atoms with van der Waals surface area (Å²) < 4.78 is 8.57. The number of hydrogen-bond donors (Lipinski definition) is 1. The van der Waals surface area contributed by atoms with E-state index in [2.05, 4.69) is 0 Å². The van der Waals surface area contributed by atoms with Gasteiger partial charge in [0.2, 0.25) is 0 Å². The van der Waals surface area contributed by atoms with Crippen molar-refractivity contribution >= 4 is 8.69 Å². The van der Waals surface area contributed by atoms with Crippen molar-refractivity contribution in [2.45, 2.75) is 0 Å². The van der Waals surface area contributed by atoms with Gasteiger partial charge in [-0.3, -0.25) is 4.57 Å². The molecule has 0 aromatic carbocycles. The molecular weight excluding hydrogens is 127 g/mol. The Morgan fingerprint density at radius 1 is 1.75 bits per heavy atom. The molecular formula is H5CuO2P. The monoisotopic (exact) mass is 131 g/mol. The molecule has 1 radical (unpaired) electrons. The zero-order chi connectivity index (χ0) is 2.71. The summed E-state index contributed by atoms with van der Waals surface area (Å²) in [6, 6.07) is 0. The van der Waals surface area contributed by atoms with Crippen LogP contribution in [0, 0.1) is 0 Å². The van der Waals surface area contributed by atoms with Gasteiger partial charge in [0.05, 0.1) is 0 Å². The van der Waals surface area contributed by atoms with Gasteiger partial charge in [-0.2, -0.15) is 0 Å². The van der Waals surface area contributed by atoms with Crippen molar-refractivity contribution in [2.24, 2.45) is 0 Å². The topological polar surface area (TPSA) is 37.3 Å². The molecule has 0 amide bonds. The first-order valence-electron chi connectivity index (χ1n) is 0.494. The van der Waals surface area contributed by atoms with Crippen LogP contribution in [0.2, 0.25) is 0 Å². The summed E-state index contributed by atoms with van der Waals surface area (Å²) in [5, 5.41) is 0. The Bertz CT molecular complexity index is 13.5. The summed E-state index contributed by atoms with van der Waals surface area (Å²) in [7, 11) is -1.50. The molecule has 0 spiro atoms. The fraction of sp³-hybridized carbons (Fsp3) is 0. The standard InChI is InChI=1S/Cu.H3O2P.2H/c;1-3-2;;/h;3H2,(H,1,2);;. The van der Waals surface area contributed by atoms with E-state index in [0.717, 1.165) is 0 Å². The molecule has 0 rings (SSSR count). The number of rotatable bonds is 0. The van der Waals surface area contributed by atoms with Crippen LogP contribution in [0.1, 0.15) is 0 Å². The minimum absolute atomic E-state index is 0. The molecule has 0 saturated carbocycles. The zero-order valence-corrected chi connectivity index (χ0v) is 3.96. The Kier molecular flexibility index (Phi) is 20.6. The summed E-state index contributed by atoms with van der Waals surface area (Å²) in [6.07, 6.45) is 0. The second-order valence-electron chi connectivity index (χ2n) is 0.105. The zero-order valence-electron chi connectivity index (χ0n) is 1.77. The van der Waals surface area contributed by atoms with Crippen molar-refractivity contribution in [1.82, 2.24) is 0 Å². The molecule has 0 aromatic heterocycles. The van der Waals surface area contributed by atoms with Crippen molar-refractivity contribution < 1.29 is 26.5 Å². The van der Waals surface area contributed by atoms with Gasteiger partial charge in [-0.15, -0.1) is 0 Å². The van der Waals surface area contributed by atoms with Crippen molar-refractivity contribution in [3.8, 4) is 0 Å². The molecule has 0 fully saturated rings. The quantitative estimate of drug-likeness (QED) is 0.342. The third-order valence-corrected chi connectivity index (χ3v) is 0. The van der Waals surface area contributed by atoms with Crippen LogP contribution in [0.4, 0.5) is 0 Å². The first-order valence-corrected chi connectivity index (χ1v) is 1.48. The molecule has 4 heteroatoms. The Hall–Kier alpha value is 0.709. The molecule has 4 heavy (non-hydrogen) atoms. The molecule has 0 bridgehead atoms. The predicted octanol–water partition coefficient (Wildman–Crippen LogP) is -0.888. The minimum atomic E-state index is -1.50.